The summed E-state index contributed by atoms with van der Waals surface area (Å²) >= 11 is 0. The van der Waals surface area contributed by atoms with E-state index < -0.39 is 11.7 Å². The SMILES string of the molecule is CC(C)(C)OC(=O)N1CC(CON2C(C)(C)CCCC2(C)C)c2c1cc(OCc1ccccc1)c1ccc(C#N)cc21. The van der Waals surface area contributed by atoms with Crippen LogP contribution in [-0.2, 0) is 16.2 Å². The zero-order valence-electron chi connectivity index (χ0n) is 26.0. The highest BCUT2D eigenvalue weighted by Gasteiger charge is 2.44. The molecular formula is C35H43N3O4. The largest absolute Gasteiger partial charge is 0.488 e. The third kappa shape index (κ3) is 6.11. The Bertz CT molecular complexity index is 1480. The summed E-state index contributed by atoms with van der Waals surface area (Å²) in [5, 5.41) is 13.8. The van der Waals surface area contributed by atoms with Crippen LogP contribution in [0.3, 0.4) is 0 Å². The summed E-state index contributed by atoms with van der Waals surface area (Å²) in [6.07, 6.45) is 2.86. The maximum absolute atomic E-state index is 13.6. The van der Waals surface area contributed by atoms with Gasteiger partial charge in [-0.2, -0.15) is 10.3 Å². The molecule has 2 aliphatic heterocycles. The molecule has 1 fully saturated rings. The number of hydroxylamine groups is 2. The van der Waals surface area contributed by atoms with Crippen molar-refractivity contribution in [3.05, 3.63) is 71.3 Å². The van der Waals surface area contributed by atoms with Crippen molar-refractivity contribution in [1.82, 2.24) is 5.06 Å². The molecule has 3 aromatic rings. The van der Waals surface area contributed by atoms with Gasteiger partial charge in [-0.25, -0.2) is 4.79 Å². The maximum Gasteiger partial charge on any atom is 0.414 e. The molecule has 0 saturated carbocycles. The summed E-state index contributed by atoms with van der Waals surface area (Å²) in [5.41, 5.74) is 2.44. The first-order valence-electron chi connectivity index (χ1n) is 14.9. The molecule has 0 bridgehead atoms. The fraction of sp³-hybridized carbons (Fsp3) is 0.486. The molecule has 7 nitrogen and oxygen atoms in total. The van der Waals surface area contributed by atoms with Crippen LogP contribution in [0.1, 0.15) is 90.3 Å². The number of benzene rings is 3. The Kier molecular flexibility index (Phi) is 8.00. The summed E-state index contributed by atoms with van der Waals surface area (Å²) in [7, 11) is 0. The average molecular weight is 570 g/mol. The van der Waals surface area contributed by atoms with Crippen molar-refractivity contribution >= 4 is 22.6 Å². The number of piperidine rings is 1. The van der Waals surface area contributed by atoms with Crippen molar-refractivity contribution in [3.8, 4) is 11.8 Å². The van der Waals surface area contributed by atoms with Crippen LogP contribution in [0.25, 0.3) is 10.8 Å². The van der Waals surface area contributed by atoms with Crippen molar-refractivity contribution in [1.29, 1.82) is 5.26 Å². The number of amides is 1. The second kappa shape index (κ2) is 11.2. The van der Waals surface area contributed by atoms with Crippen LogP contribution in [-0.4, -0.2) is 41.0 Å². The molecule has 2 aliphatic rings. The smallest absolute Gasteiger partial charge is 0.414 e. The molecule has 0 radical (unpaired) electrons. The van der Waals surface area contributed by atoms with E-state index in [1.54, 1.807) is 4.90 Å². The maximum atomic E-state index is 13.6. The van der Waals surface area contributed by atoms with Gasteiger partial charge in [0.1, 0.15) is 18.0 Å². The van der Waals surface area contributed by atoms with Gasteiger partial charge >= 0.3 is 6.09 Å². The molecule has 1 unspecified atom stereocenters. The zero-order chi connectivity index (χ0) is 30.3. The van der Waals surface area contributed by atoms with Gasteiger partial charge in [0.15, 0.2) is 0 Å². The van der Waals surface area contributed by atoms with Gasteiger partial charge in [-0.1, -0.05) is 30.3 Å². The zero-order valence-corrected chi connectivity index (χ0v) is 26.0. The quantitative estimate of drug-likeness (QED) is 0.299. The molecule has 0 aromatic heterocycles. The number of carbonyl (C=O) groups excluding carboxylic acids is 1. The fourth-order valence-electron chi connectivity index (χ4n) is 6.50. The lowest BCUT2D eigenvalue weighted by Crippen LogP contribution is -2.58. The molecular weight excluding hydrogens is 526 g/mol. The molecule has 5 rings (SSSR count). The van der Waals surface area contributed by atoms with E-state index in [4.69, 9.17) is 14.3 Å². The Morgan fingerprint density at radius 1 is 1.00 bits per heavy atom. The number of fused-ring (bicyclic) bond motifs is 3. The Morgan fingerprint density at radius 3 is 2.33 bits per heavy atom. The van der Waals surface area contributed by atoms with E-state index in [1.807, 2.05) is 75.4 Å². The third-order valence-electron chi connectivity index (χ3n) is 8.28. The van der Waals surface area contributed by atoms with Crippen LogP contribution >= 0.6 is 0 Å². The number of hydrogen-bond acceptors (Lipinski definition) is 6. The number of anilines is 1. The predicted octanol–water partition coefficient (Wildman–Crippen LogP) is 8.10. The highest BCUT2D eigenvalue weighted by molar-refractivity contribution is 6.02. The van der Waals surface area contributed by atoms with E-state index in [9.17, 15) is 10.1 Å². The van der Waals surface area contributed by atoms with Crippen LogP contribution < -0.4 is 9.64 Å². The summed E-state index contributed by atoms with van der Waals surface area (Å²) in [5.74, 6) is 0.533. The van der Waals surface area contributed by atoms with Crippen LogP contribution in [0.2, 0.25) is 0 Å². The summed E-state index contributed by atoms with van der Waals surface area (Å²) in [4.78, 5) is 22.0. The number of nitrogens with zero attached hydrogens (tertiary/aromatic N) is 3. The number of rotatable bonds is 6. The molecule has 0 aliphatic carbocycles. The lowest BCUT2D eigenvalue weighted by molar-refractivity contribution is -0.282. The summed E-state index contributed by atoms with van der Waals surface area (Å²) < 4.78 is 12.2. The van der Waals surface area contributed by atoms with Gasteiger partial charge in [0.05, 0.1) is 23.9 Å². The van der Waals surface area contributed by atoms with Crippen molar-refractivity contribution in [3.63, 3.8) is 0 Å². The van der Waals surface area contributed by atoms with Gasteiger partial charge in [-0.05, 0) is 102 Å². The normalized spacial score (nSPS) is 19.8. The fourth-order valence-corrected chi connectivity index (χ4v) is 6.50. The van der Waals surface area contributed by atoms with Gasteiger partial charge in [0.25, 0.3) is 0 Å². The van der Waals surface area contributed by atoms with Crippen LogP contribution in [0, 0.1) is 11.3 Å². The van der Waals surface area contributed by atoms with E-state index in [-0.39, 0.29) is 17.0 Å². The van der Waals surface area contributed by atoms with E-state index >= 15 is 0 Å². The van der Waals surface area contributed by atoms with E-state index in [2.05, 4.69) is 38.8 Å². The Balaban J connectivity index is 1.58. The van der Waals surface area contributed by atoms with Crippen LogP contribution in [0.4, 0.5) is 10.5 Å². The van der Waals surface area contributed by atoms with Crippen molar-refractivity contribution in [2.75, 3.05) is 18.1 Å². The lowest BCUT2D eigenvalue weighted by Gasteiger charge is -2.51. The average Bonchev–Trinajstić information content (AvgIpc) is 3.29. The molecule has 2 heterocycles. The Hall–Kier alpha value is -3.60. The van der Waals surface area contributed by atoms with E-state index in [1.165, 1.54) is 0 Å². The molecule has 7 heteroatoms. The minimum atomic E-state index is -0.648. The second-order valence-electron chi connectivity index (χ2n) is 13.8. The highest BCUT2D eigenvalue weighted by Crippen LogP contribution is 2.47. The highest BCUT2D eigenvalue weighted by atomic mass is 16.7. The molecule has 1 amide bonds. The van der Waals surface area contributed by atoms with Gasteiger partial charge < -0.3 is 9.47 Å². The molecule has 0 spiro atoms. The van der Waals surface area contributed by atoms with Gasteiger partial charge in [0, 0.05) is 35.0 Å². The number of carbonyl (C=O) groups is 1. The van der Waals surface area contributed by atoms with Gasteiger partial charge in [-0.3, -0.25) is 9.74 Å². The monoisotopic (exact) mass is 569 g/mol. The first kappa shape index (κ1) is 29.9. The number of nitriles is 1. The van der Waals surface area contributed by atoms with Gasteiger partial charge in [0.2, 0.25) is 0 Å². The minimum absolute atomic E-state index is 0.112. The molecule has 1 atom stereocenters. The Labute approximate surface area is 249 Å². The lowest BCUT2D eigenvalue weighted by atomic mass is 9.82. The summed E-state index contributed by atoms with van der Waals surface area (Å²) in [6, 6.07) is 19.9. The molecule has 3 aromatic carbocycles. The van der Waals surface area contributed by atoms with E-state index in [0.717, 1.165) is 46.8 Å². The summed E-state index contributed by atoms with van der Waals surface area (Å²) in [6.45, 7) is 15.7. The standard InChI is InChI=1S/C35H43N3O4/c1-33(2,3)42-32(39)37-21-26(23-41-38-34(4,5)16-11-17-35(38,6)7)31-28-18-25(20-36)14-15-27(28)30(19-29(31)37)40-22-24-12-9-8-10-13-24/h8-10,12-15,18-19,26H,11,16-17,21-23H2,1-7H3. The molecule has 222 valence electrons. The van der Waals surface area contributed by atoms with Crippen LogP contribution in [0.5, 0.6) is 5.75 Å². The number of ether oxygens (including phenoxy) is 2. The van der Waals surface area contributed by atoms with Crippen LogP contribution in [0.15, 0.2) is 54.6 Å². The Morgan fingerprint density at radius 2 is 1.69 bits per heavy atom. The first-order chi connectivity index (χ1) is 19.8. The first-order valence-corrected chi connectivity index (χ1v) is 14.9. The number of hydrogen-bond donors (Lipinski definition) is 0. The second-order valence-corrected chi connectivity index (χ2v) is 13.8. The van der Waals surface area contributed by atoms with Crippen molar-refractivity contribution < 1.29 is 19.1 Å². The van der Waals surface area contributed by atoms with E-state index in [0.29, 0.717) is 31.1 Å². The van der Waals surface area contributed by atoms with Gasteiger partial charge in [-0.15, -0.1) is 0 Å². The minimum Gasteiger partial charge on any atom is -0.488 e. The molecule has 0 N–H and O–H groups in total. The van der Waals surface area contributed by atoms with Crippen molar-refractivity contribution in [2.45, 2.75) is 96.9 Å². The predicted molar refractivity (Wildman–Crippen MR) is 166 cm³/mol. The molecule has 1 saturated heterocycles. The topological polar surface area (TPSA) is 75.0 Å². The third-order valence-corrected chi connectivity index (χ3v) is 8.28. The molecule has 42 heavy (non-hydrogen) atoms. The van der Waals surface area contributed by atoms with Crippen molar-refractivity contribution in [2.24, 2.45) is 0 Å².